The summed E-state index contributed by atoms with van der Waals surface area (Å²) >= 11 is 0. The van der Waals surface area contributed by atoms with Crippen molar-refractivity contribution in [2.45, 2.75) is 44.0 Å². The van der Waals surface area contributed by atoms with Crippen LogP contribution in [0.4, 0.5) is 5.69 Å². The molecule has 0 aliphatic carbocycles. The molecule has 0 spiro atoms. The van der Waals surface area contributed by atoms with Crippen LogP contribution in [0.5, 0.6) is 0 Å². The van der Waals surface area contributed by atoms with E-state index in [0.29, 0.717) is 18.7 Å². The molecule has 0 amide bonds. The van der Waals surface area contributed by atoms with Crippen molar-refractivity contribution in [2.75, 3.05) is 11.9 Å². The molecule has 0 heterocycles. The lowest BCUT2D eigenvalue weighted by molar-refractivity contribution is 0.580. The van der Waals surface area contributed by atoms with E-state index < -0.39 is 10.0 Å². The largest absolute Gasteiger partial charge is 0.380 e. The first-order valence-electron chi connectivity index (χ1n) is 6.83. The van der Waals surface area contributed by atoms with E-state index in [0.717, 1.165) is 12.8 Å². The van der Waals surface area contributed by atoms with Gasteiger partial charge < -0.3 is 5.32 Å². The predicted molar refractivity (Wildman–Crippen MR) is 83.1 cm³/mol. The Hall–Kier alpha value is -1.51. The molecule has 4 nitrogen and oxygen atoms in total. The molecule has 0 aromatic heterocycles. The van der Waals surface area contributed by atoms with E-state index >= 15 is 0 Å². The van der Waals surface area contributed by atoms with Crippen molar-refractivity contribution in [3.05, 3.63) is 24.3 Å². The van der Waals surface area contributed by atoms with Crippen molar-refractivity contribution in [1.82, 2.24) is 4.72 Å². The number of sulfonamides is 1. The zero-order chi connectivity index (χ0) is 15.0. The highest BCUT2D eigenvalue weighted by Crippen LogP contribution is 2.22. The van der Waals surface area contributed by atoms with Crippen LogP contribution in [0.2, 0.25) is 0 Å². The summed E-state index contributed by atoms with van der Waals surface area (Å²) in [5, 5.41) is 3.22. The van der Waals surface area contributed by atoms with E-state index in [1.807, 2.05) is 19.9 Å². The van der Waals surface area contributed by atoms with Gasteiger partial charge in [-0.15, -0.1) is 12.3 Å². The summed E-state index contributed by atoms with van der Waals surface area (Å²) in [7, 11) is -3.49. The highest BCUT2D eigenvalue weighted by atomic mass is 32.2. The van der Waals surface area contributed by atoms with Crippen molar-refractivity contribution in [2.24, 2.45) is 0 Å². The third kappa shape index (κ3) is 4.55. The maximum absolute atomic E-state index is 12.2. The standard InChI is InChI=1S/C15H22N2O2S/c1-4-9-13(6-3)17-14-10-7-8-11-15(14)20(18,19)16-12-5-2/h1,7-8,10-11,13,16-17H,5-6,9,12H2,2-3H3. The van der Waals surface area contributed by atoms with E-state index in [9.17, 15) is 8.42 Å². The molecule has 2 N–H and O–H groups in total. The number of benzene rings is 1. The average Bonchev–Trinajstić information content (AvgIpc) is 2.45. The smallest absolute Gasteiger partial charge is 0.242 e. The van der Waals surface area contributed by atoms with Crippen LogP contribution in [-0.4, -0.2) is 21.0 Å². The molecular weight excluding hydrogens is 272 g/mol. The van der Waals surface area contributed by atoms with Gasteiger partial charge in [0.05, 0.1) is 5.69 Å². The minimum atomic E-state index is -3.49. The monoisotopic (exact) mass is 294 g/mol. The van der Waals surface area contributed by atoms with Gasteiger partial charge in [-0.05, 0) is 25.0 Å². The second-order valence-corrected chi connectivity index (χ2v) is 6.29. The molecule has 0 radical (unpaired) electrons. The van der Waals surface area contributed by atoms with Crippen LogP contribution in [0, 0.1) is 12.3 Å². The zero-order valence-corrected chi connectivity index (χ0v) is 12.8. The molecule has 1 aromatic carbocycles. The maximum Gasteiger partial charge on any atom is 0.242 e. The zero-order valence-electron chi connectivity index (χ0n) is 12.0. The van der Waals surface area contributed by atoms with Gasteiger partial charge in [0.15, 0.2) is 0 Å². The Balaban J connectivity index is 3.02. The third-order valence-corrected chi connectivity index (χ3v) is 4.45. The Morgan fingerprint density at radius 2 is 2.00 bits per heavy atom. The highest BCUT2D eigenvalue weighted by molar-refractivity contribution is 7.89. The lowest BCUT2D eigenvalue weighted by atomic mass is 10.1. The van der Waals surface area contributed by atoms with Gasteiger partial charge in [0.25, 0.3) is 0 Å². The van der Waals surface area contributed by atoms with E-state index in [-0.39, 0.29) is 10.9 Å². The molecule has 1 rings (SSSR count). The van der Waals surface area contributed by atoms with E-state index in [4.69, 9.17) is 6.42 Å². The normalized spacial score (nSPS) is 12.7. The van der Waals surface area contributed by atoms with Gasteiger partial charge in [0.2, 0.25) is 10.0 Å². The average molecular weight is 294 g/mol. The molecule has 0 saturated carbocycles. The van der Waals surface area contributed by atoms with Crippen molar-refractivity contribution < 1.29 is 8.42 Å². The molecule has 0 saturated heterocycles. The van der Waals surface area contributed by atoms with Gasteiger partial charge in [0.1, 0.15) is 4.90 Å². The fourth-order valence-corrected chi connectivity index (χ4v) is 3.10. The van der Waals surface area contributed by atoms with Crippen LogP contribution in [0.3, 0.4) is 0 Å². The maximum atomic E-state index is 12.2. The molecule has 20 heavy (non-hydrogen) atoms. The Morgan fingerprint density at radius 3 is 2.60 bits per heavy atom. The Kier molecular flexibility index (Phi) is 6.56. The second-order valence-electron chi connectivity index (χ2n) is 4.55. The fraction of sp³-hybridized carbons (Fsp3) is 0.467. The van der Waals surface area contributed by atoms with Crippen molar-refractivity contribution in [1.29, 1.82) is 0 Å². The van der Waals surface area contributed by atoms with Crippen LogP contribution in [0.1, 0.15) is 33.1 Å². The number of nitrogens with one attached hydrogen (secondary N) is 2. The van der Waals surface area contributed by atoms with Crippen molar-refractivity contribution in [3.63, 3.8) is 0 Å². The minimum absolute atomic E-state index is 0.0718. The predicted octanol–water partition coefficient (Wildman–Crippen LogP) is 2.59. The molecule has 110 valence electrons. The van der Waals surface area contributed by atoms with E-state index in [1.54, 1.807) is 18.2 Å². The molecule has 0 aliphatic rings. The van der Waals surface area contributed by atoms with Gasteiger partial charge in [-0.3, -0.25) is 0 Å². The molecule has 0 bridgehead atoms. The molecule has 5 heteroatoms. The summed E-state index contributed by atoms with van der Waals surface area (Å²) in [5.74, 6) is 2.60. The van der Waals surface area contributed by atoms with Crippen molar-refractivity contribution in [3.8, 4) is 12.3 Å². The van der Waals surface area contributed by atoms with E-state index in [1.165, 1.54) is 0 Å². The summed E-state index contributed by atoms with van der Waals surface area (Å²) in [5.41, 5.74) is 0.596. The number of terminal acetylenes is 1. The number of hydrogen-bond donors (Lipinski definition) is 2. The van der Waals surface area contributed by atoms with Crippen LogP contribution >= 0.6 is 0 Å². The van der Waals surface area contributed by atoms with E-state index in [2.05, 4.69) is 16.0 Å². The molecule has 1 atom stereocenters. The molecule has 0 fully saturated rings. The molecule has 0 aliphatic heterocycles. The number of rotatable bonds is 8. The lowest BCUT2D eigenvalue weighted by Crippen LogP contribution is -2.26. The quantitative estimate of drug-likeness (QED) is 0.725. The fourth-order valence-electron chi connectivity index (χ4n) is 1.79. The van der Waals surface area contributed by atoms with Gasteiger partial charge in [-0.2, -0.15) is 0 Å². The van der Waals surface area contributed by atoms with Crippen LogP contribution < -0.4 is 10.0 Å². The van der Waals surface area contributed by atoms with Gasteiger partial charge in [-0.25, -0.2) is 13.1 Å². The third-order valence-electron chi connectivity index (χ3n) is 2.94. The first-order valence-corrected chi connectivity index (χ1v) is 8.32. The summed E-state index contributed by atoms with van der Waals surface area (Å²) in [4.78, 5) is 0.268. The summed E-state index contributed by atoms with van der Waals surface area (Å²) in [6.45, 7) is 4.37. The van der Waals surface area contributed by atoms with Gasteiger partial charge >= 0.3 is 0 Å². The summed E-state index contributed by atoms with van der Waals surface area (Å²) < 4.78 is 27.1. The highest BCUT2D eigenvalue weighted by Gasteiger charge is 2.18. The van der Waals surface area contributed by atoms with Crippen LogP contribution in [0.15, 0.2) is 29.2 Å². The second kappa shape index (κ2) is 7.93. The van der Waals surface area contributed by atoms with Gasteiger partial charge in [0, 0.05) is 19.0 Å². The first-order chi connectivity index (χ1) is 9.55. The molecule has 1 aromatic rings. The Bertz CT molecular complexity index is 561. The number of para-hydroxylation sites is 1. The Morgan fingerprint density at radius 1 is 1.30 bits per heavy atom. The number of anilines is 1. The lowest BCUT2D eigenvalue weighted by Gasteiger charge is -2.18. The van der Waals surface area contributed by atoms with Crippen molar-refractivity contribution >= 4 is 15.7 Å². The topological polar surface area (TPSA) is 58.2 Å². The van der Waals surface area contributed by atoms with Crippen LogP contribution in [-0.2, 0) is 10.0 Å². The summed E-state index contributed by atoms with van der Waals surface area (Å²) in [6.07, 6.45) is 7.48. The minimum Gasteiger partial charge on any atom is -0.380 e. The molecular formula is C15H22N2O2S. The number of hydrogen-bond acceptors (Lipinski definition) is 3. The van der Waals surface area contributed by atoms with Gasteiger partial charge in [-0.1, -0.05) is 26.0 Å². The molecule has 1 unspecified atom stereocenters. The van der Waals surface area contributed by atoms with Crippen LogP contribution in [0.25, 0.3) is 0 Å². The summed E-state index contributed by atoms with van der Waals surface area (Å²) in [6, 6.07) is 6.96. The first kappa shape index (κ1) is 16.5. The Labute approximate surface area is 122 Å². The SMILES string of the molecule is C#CCC(CC)Nc1ccccc1S(=O)(=O)NCCC.